The van der Waals surface area contributed by atoms with E-state index in [0.29, 0.717) is 12.8 Å². The van der Waals surface area contributed by atoms with E-state index in [1.165, 1.54) is 17.0 Å². The van der Waals surface area contributed by atoms with Crippen LogP contribution in [-0.2, 0) is 20.8 Å². The summed E-state index contributed by atoms with van der Waals surface area (Å²) in [5, 5.41) is 31.1. The summed E-state index contributed by atoms with van der Waals surface area (Å²) in [6, 6.07) is 3.41. The quantitative estimate of drug-likeness (QED) is 0.451. The summed E-state index contributed by atoms with van der Waals surface area (Å²) in [4.78, 5) is 49.2. The maximum absolute atomic E-state index is 13.2. The molecule has 4 N–H and O–H groups in total. The van der Waals surface area contributed by atoms with E-state index in [2.05, 4.69) is 5.32 Å². The van der Waals surface area contributed by atoms with E-state index >= 15 is 0 Å². The van der Waals surface area contributed by atoms with Crippen molar-refractivity contribution in [2.24, 2.45) is 5.92 Å². The molecule has 1 saturated carbocycles. The minimum atomic E-state index is -1.10. The Balaban J connectivity index is 1.64. The fraction of sp³-hybridized carbons (Fsp3) is 0.565. The van der Waals surface area contributed by atoms with Crippen molar-refractivity contribution < 1.29 is 34.5 Å². The molecule has 1 heterocycles. The second-order valence-corrected chi connectivity index (χ2v) is 8.77. The van der Waals surface area contributed by atoms with Crippen molar-refractivity contribution in [3.8, 4) is 0 Å². The summed E-state index contributed by atoms with van der Waals surface area (Å²) < 4.78 is 0. The predicted octanol–water partition coefficient (Wildman–Crippen LogP) is 1.99. The molecular formula is C23H30N2O7. The maximum atomic E-state index is 13.2. The molecule has 2 aliphatic rings. The van der Waals surface area contributed by atoms with Crippen LogP contribution in [0.15, 0.2) is 24.3 Å². The fourth-order valence-electron chi connectivity index (χ4n) is 5.00. The highest BCUT2D eigenvalue weighted by Crippen LogP contribution is 2.40. The Hall–Kier alpha value is -2.94. The van der Waals surface area contributed by atoms with Crippen LogP contribution < -0.4 is 5.32 Å². The molecule has 1 saturated heterocycles. The van der Waals surface area contributed by atoms with Gasteiger partial charge in [-0.15, -0.1) is 0 Å². The highest BCUT2D eigenvalue weighted by Gasteiger charge is 2.48. The normalized spacial score (nSPS) is 24.4. The number of aromatic carboxylic acids is 1. The molecule has 1 aromatic carbocycles. The van der Waals surface area contributed by atoms with Gasteiger partial charge in [-0.05, 0) is 62.6 Å². The first-order chi connectivity index (χ1) is 15.2. The van der Waals surface area contributed by atoms with Gasteiger partial charge in [0.2, 0.25) is 5.91 Å². The lowest BCUT2D eigenvalue weighted by Crippen LogP contribution is -2.55. The number of aliphatic carboxylic acids is 2. The third-order valence-corrected chi connectivity index (χ3v) is 6.67. The summed E-state index contributed by atoms with van der Waals surface area (Å²) >= 11 is 0. The number of hydrogen-bond donors (Lipinski definition) is 4. The Morgan fingerprint density at radius 1 is 1.06 bits per heavy atom. The van der Waals surface area contributed by atoms with E-state index in [1.54, 1.807) is 19.1 Å². The van der Waals surface area contributed by atoms with Crippen LogP contribution >= 0.6 is 0 Å². The van der Waals surface area contributed by atoms with E-state index in [4.69, 9.17) is 5.11 Å². The van der Waals surface area contributed by atoms with Gasteiger partial charge in [0.15, 0.2) is 0 Å². The van der Waals surface area contributed by atoms with Gasteiger partial charge in [-0.2, -0.15) is 0 Å². The van der Waals surface area contributed by atoms with Crippen molar-refractivity contribution in [2.75, 3.05) is 0 Å². The van der Waals surface area contributed by atoms with Crippen molar-refractivity contribution in [1.82, 2.24) is 10.2 Å². The molecule has 9 heteroatoms. The molecule has 1 amide bonds. The number of hydrogen-bond acceptors (Lipinski definition) is 5. The Morgan fingerprint density at radius 2 is 1.72 bits per heavy atom. The van der Waals surface area contributed by atoms with Crippen LogP contribution in [0, 0.1) is 5.92 Å². The lowest BCUT2D eigenvalue weighted by molar-refractivity contribution is -0.151. The van der Waals surface area contributed by atoms with E-state index in [1.807, 2.05) is 0 Å². The van der Waals surface area contributed by atoms with Crippen LogP contribution in [-0.4, -0.2) is 68.2 Å². The van der Waals surface area contributed by atoms with Gasteiger partial charge in [-0.3, -0.25) is 14.9 Å². The number of carboxylic acids is 3. The molecule has 0 unspecified atom stereocenters. The minimum absolute atomic E-state index is 0.0994. The number of rotatable bonds is 9. The van der Waals surface area contributed by atoms with E-state index in [0.717, 1.165) is 31.2 Å². The molecule has 9 nitrogen and oxygen atoms in total. The molecular weight excluding hydrogens is 416 g/mol. The van der Waals surface area contributed by atoms with Crippen LogP contribution in [0.5, 0.6) is 0 Å². The van der Waals surface area contributed by atoms with Crippen molar-refractivity contribution in [3.63, 3.8) is 0 Å². The smallest absolute Gasteiger partial charge is 0.335 e. The van der Waals surface area contributed by atoms with Crippen LogP contribution in [0.2, 0.25) is 0 Å². The molecule has 1 aliphatic carbocycles. The van der Waals surface area contributed by atoms with Crippen molar-refractivity contribution in [3.05, 3.63) is 35.4 Å². The zero-order valence-corrected chi connectivity index (χ0v) is 18.1. The first-order valence-electron chi connectivity index (χ1n) is 11.0. The highest BCUT2D eigenvalue weighted by atomic mass is 16.4. The van der Waals surface area contributed by atoms with Gasteiger partial charge in [0, 0.05) is 6.04 Å². The van der Waals surface area contributed by atoms with Gasteiger partial charge in [-0.25, -0.2) is 9.59 Å². The zero-order chi connectivity index (χ0) is 23.4. The molecule has 32 heavy (non-hydrogen) atoms. The van der Waals surface area contributed by atoms with Gasteiger partial charge in [0.1, 0.15) is 12.1 Å². The topological polar surface area (TPSA) is 144 Å². The van der Waals surface area contributed by atoms with E-state index < -0.39 is 36.0 Å². The second kappa shape index (κ2) is 10.1. The Labute approximate surface area is 186 Å². The molecule has 0 radical (unpaired) electrons. The molecule has 2 fully saturated rings. The predicted molar refractivity (Wildman–Crippen MR) is 114 cm³/mol. The molecule has 174 valence electrons. The SMILES string of the molecule is C[C@H](N[C@@H](CCc1ccc(C(=O)O)cc1)C(=O)O)C(=O)N1[C@@H]2CCCC[C@@H]2C[C@H]1C(=O)O. The molecule has 0 aromatic heterocycles. The first kappa shape index (κ1) is 23.7. The number of carbonyl (C=O) groups is 4. The highest BCUT2D eigenvalue weighted by molar-refractivity contribution is 5.88. The van der Waals surface area contributed by atoms with Gasteiger partial charge >= 0.3 is 17.9 Å². The largest absolute Gasteiger partial charge is 0.480 e. The molecule has 1 aromatic rings. The number of nitrogens with one attached hydrogen (secondary N) is 1. The number of carboxylic acid groups (broad SMARTS) is 3. The Bertz CT molecular complexity index is 870. The standard InChI is InChI=1S/C23H30N2O7/c1-13(20(26)25-18-5-3-2-4-16(18)12-19(25)23(31)32)24-17(22(29)30)11-8-14-6-9-15(10-7-14)21(27)28/h6-7,9-10,13,16-19,24H,2-5,8,11-12H2,1H3,(H,27,28)(H,29,30)(H,31,32)/t13-,16+,17-,18+,19-/m0/s1. The van der Waals surface area contributed by atoms with Crippen molar-refractivity contribution in [2.45, 2.75) is 76.0 Å². The summed E-state index contributed by atoms with van der Waals surface area (Å²) in [5.41, 5.74) is 0.943. The van der Waals surface area contributed by atoms with Gasteiger partial charge in [0.05, 0.1) is 11.6 Å². The van der Waals surface area contributed by atoms with Crippen molar-refractivity contribution >= 4 is 23.8 Å². The van der Waals surface area contributed by atoms with Crippen molar-refractivity contribution in [1.29, 1.82) is 0 Å². The molecule has 0 spiro atoms. The Morgan fingerprint density at radius 3 is 2.31 bits per heavy atom. The second-order valence-electron chi connectivity index (χ2n) is 8.77. The monoisotopic (exact) mass is 446 g/mol. The van der Waals surface area contributed by atoms with Gasteiger partial charge < -0.3 is 20.2 Å². The molecule has 1 aliphatic heterocycles. The number of carbonyl (C=O) groups excluding carboxylic acids is 1. The minimum Gasteiger partial charge on any atom is -0.480 e. The number of likely N-dealkylation sites (tertiary alicyclic amines) is 1. The number of nitrogens with zero attached hydrogens (tertiary/aromatic N) is 1. The average Bonchev–Trinajstić information content (AvgIpc) is 3.16. The molecule has 3 rings (SSSR count). The van der Waals surface area contributed by atoms with Crippen LogP contribution in [0.3, 0.4) is 0 Å². The van der Waals surface area contributed by atoms with Gasteiger partial charge in [0.25, 0.3) is 0 Å². The Kier molecular flexibility index (Phi) is 7.50. The summed E-state index contributed by atoms with van der Waals surface area (Å²) in [7, 11) is 0. The lowest BCUT2D eigenvalue weighted by atomic mass is 9.84. The number of benzene rings is 1. The maximum Gasteiger partial charge on any atom is 0.335 e. The number of fused-ring (bicyclic) bond motifs is 1. The summed E-state index contributed by atoms with van der Waals surface area (Å²) in [6.45, 7) is 1.58. The van der Waals surface area contributed by atoms with Crippen LogP contribution in [0.25, 0.3) is 0 Å². The summed E-state index contributed by atoms with van der Waals surface area (Å²) in [5.74, 6) is -3.33. The number of aryl methyl sites for hydroxylation is 1. The zero-order valence-electron chi connectivity index (χ0n) is 18.1. The molecule has 0 bridgehead atoms. The van der Waals surface area contributed by atoms with Gasteiger partial charge in [-0.1, -0.05) is 25.0 Å². The summed E-state index contributed by atoms with van der Waals surface area (Å²) in [6.07, 6.45) is 4.73. The number of amides is 1. The fourth-order valence-corrected chi connectivity index (χ4v) is 5.00. The van der Waals surface area contributed by atoms with E-state index in [9.17, 15) is 29.4 Å². The third-order valence-electron chi connectivity index (χ3n) is 6.67. The lowest BCUT2D eigenvalue weighted by Gasteiger charge is -2.35. The first-order valence-corrected chi connectivity index (χ1v) is 11.0. The van der Waals surface area contributed by atoms with Crippen LogP contribution in [0.1, 0.15) is 61.4 Å². The van der Waals surface area contributed by atoms with Crippen LogP contribution in [0.4, 0.5) is 0 Å². The third kappa shape index (κ3) is 5.27. The molecule has 5 atom stereocenters. The van der Waals surface area contributed by atoms with E-state index in [-0.39, 0.29) is 29.9 Å². The average molecular weight is 447 g/mol.